The van der Waals surface area contributed by atoms with Crippen LogP contribution in [-0.2, 0) is 19.1 Å². The van der Waals surface area contributed by atoms with Crippen molar-refractivity contribution in [3.63, 3.8) is 0 Å². The van der Waals surface area contributed by atoms with Crippen LogP contribution >= 0.6 is 0 Å². The number of methoxy groups -OCH3 is 1. The first kappa shape index (κ1) is 16.4. The van der Waals surface area contributed by atoms with Gasteiger partial charge < -0.3 is 20.9 Å². The van der Waals surface area contributed by atoms with E-state index < -0.39 is 17.9 Å². The first-order valence-electron chi connectivity index (χ1n) is 5.66. The predicted octanol–water partition coefficient (Wildman–Crippen LogP) is -0.506. The molecule has 0 fully saturated rings. The molecule has 0 aliphatic rings. The van der Waals surface area contributed by atoms with Crippen molar-refractivity contribution in [1.29, 1.82) is 0 Å². The van der Waals surface area contributed by atoms with Gasteiger partial charge in [-0.25, -0.2) is 4.79 Å². The standard InChI is InChI=1S/C11H20N2O5/c1-7(6-18-2)5-10(15)13-8(11(16)17)3-4-9(12)14/h7-8H,3-6H2,1-2H3,(H2,12,14)(H,13,15)(H,16,17)/t7?,8-/m0/s1. The van der Waals surface area contributed by atoms with Crippen molar-refractivity contribution < 1.29 is 24.2 Å². The van der Waals surface area contributed by atoms with E-state index in [2.05, 4.69) is 5.32 Å². The number of nitrogens with one attached hydrogen (secondary N) is 1. The zero-order chi connectivity index (χ0) is 14.1. The van der Waals surface area contributed by atoms with E-state index in [0.29, 0.717) is 6.61 Å². The van der Waals surface area contributed by atoms with Crippen molar-refractivity contribution in [2.75, 3.05) is 13.7 Å². The van der Waals surface area contributed by atoms with Crippen molar-refractivity contribution in [2.24, 2.45) is 11.7 Å². The minimum Gasteiger partial charge on any atom is -0.480 e. The van der Waals surface area contributed by atoms with Gasteiger partial charge in [-0.05, 0) is 12.3 Å². The van der Waals surface area contributed by atoms with Crippen LogP contribution in [0.4, 0.5) is 0 Å². The molecule has 2 amide bonds. The number of carbonyl (C=O) groups excluding carboxylic acids is 2. The molecule has 0 spiro atoms. The Morgan fingerprint density at radius 2 is 2.00 bits per heavy atom. The molecule has 0 bridgehead atoms. The topological polar surface area (TPSA) is 119 Å². The lowest BCUT2D eigenvalue weighted by molar-refractivity contribution is -0.142. The summed E-state index contributed by atoms with van der Waals surface area (Å²) in [5.74, 6) is -2.15. The highest BCUT2D eigenvalue weighted by Crippen LogP contribution is 2.04. The average Bonchev–Trinajstić information content (AvgIpc) is 2.23. The van der Waals surface area contributed by atoms with Crippen LogP contribution in [0, 0.1) is 5.92 Å². The van der Waals surface area contributed by atoms with E-state index in [4.69, 9.17) is 15.6 Å². The highest BCUT2D eigenvalue weighted by atomic mass is 16.5. The SMILES string of the molecule is COCC(C)CC(=O)N[C@@H](CCC(N)=O)C(=O)O. The van der Waals surface area contributed by atoms with Crippen molar-refractivity contribution in [3.8, 4) is 0 Å². The summed E-state index contributed by atoms with van der Waals surface area (Å²) in [7, 11) is 1.53. The number of primary amides is 1. The Morgan fingerprint density at radius 1 is 1.39 bits per heavy atom. The molecule has 0 aromatic rings. The van der Waals surface area contributed by atoms with Gasteiger partial charge in [-0.3, -0.25) is 9.59 Å². The van der Waals surface area contributed by atoms with Gasteiger partial charge in [0.15, 0.2) is 0 Å². The Morgan fingerprint density at radius 3 is 2.44 bits per heavy atom. The summed E-state index contributed by atoms with van der Waals surface area (Å²) in [5, 5.41) is 11.2. The molecule has 0 saturated carbocycles. The lowest BCUT2D eigenvalue weighted by Crippen LogP contribution is -2.42. The van der Waals surface area contributed by atoms with E-state index in [1.54, 1.807) is 0 Å². The third kappa shape index (κ3) is 7.61. The summed E-state index contributed by atoms with van der Waals surface area (Å²) in [5.41, 5.74) is 4.93. The molecule has 0 aromatic heterocycles. The monoisotopic (exact) mass is 260 g/mol. The van der Waals surface area contributed by atoms with Crippen LogP contribution in [0.5, 0.6) is 0 Å². The Balaban J connectivity index is 4.19. The van der Waals surface area contributed by atoms with Gasteiger partial charge in [0.1, 0.15) is 6.04 Å². The third-order valence-electron chi connectivity index (χ3n) is 2.30. The Kier molecular flexibility index (Phi) is 7.69. The highest BCUT2D eigenvalue weighted by molar-refractivity contribution is 5.84. The lowest BCUT2D eigenvalue weighted by Gasteiger charge is -2.15. The number of nitrogens with two attached hydrogens (primary N) is 1. The maximum atomic E-state index is 11.5. The van der Waals surface area contributed by atoms with Gasteiger partial charge >= 0.3 is 5.97 Å². The molecule has 0 aromatic carbocycles. The largest absolute Gasteiger partial charge is 0.480 e. The molecule has 2 atom stereocenters. The van der Waals surface area contributed by atoms with Gasteiger partial charge in [-0.2, -0.15) is 0 Å². The minimum absolute atomic E-state index is 0.000542. The molecule has 1 unspecified atom stereocenters. The zero-order valence-corrected chi connectivity index (χ0v) is 10.6. The predicted molar refractivity (Wildman–Crippen MR) is 63.7 cm³/mol. The maximum Gasteiger partial charge on any atom is 0.326 e. The summed E-state index contributed by atoms with van der Waals surface area (Å²) in [4.78, 5) is 33.0. The van der Waals surface area contributed by atoms with E-state index in [1.165, 1.54) is 7.11 Å². The Hall–Kier alpha value is -1.63. The maximum absolute atomic E-state index is 11.5. The van der Waals surface area contributed by atoms with Crippen LogP contribution in [0.2, 0.25) is 0 Å². The number of carboxylic acids is 1. The number of carbonyl (C=O) groups is 3. The van der Waals surface area contributed by atoms with Gasteiger partial charge in [-0.1, -0.05) is 6.92 Å². The molecular formula is C11H20N2O5. The minimum atomic E-state index is -1.18. The fourth-order valence-electron chi connectivity index (χ4n) is 1.46. The summed E-state index contributed by atoms with van der Waals surface area (Å²) in [6.07, 6.45) is 0.0914. The molecule has 7 heteroatoms. The van der Waals surface area contributed by atoms with Crippen LogP contribution < -0.4 is 11.1 Å². The first-order valence-corrected chi connectivity index (χ1v) is 5.66. The van der Waals surface area contributed by atoms with Crippen molar-refractivity contribution >= 4 is 17.8 Å². The second kappa shape index (κ2) is 8.46. The number of aliphatic carboxylic acids is 1. The van der Waals surface area contributed by atoms with Gasteiger partial charge in [0, 0.05) is 26.6 Å². The summed E-state index contributed by atoms with van der Waals surface area (Å²) in [6.45, 7) is 2.24. The molecule has 18 heavy (non-hydrogen) atoms. The third-order valence-corrected chi connectivity index (χ3v) is 2.30. The average molecular weight is 260 g/mol. The van der Waals surface area contributed by atoms with Gasteiger partial charge in [0.05, 0.1) is 0 Å². The summed E-state index contributed by atoms with van der Waals surface area (Å²) >= 11 is 0. The molecule has 0 aliphatic heterocycles. The fourth-order valence-corrected chi connectivity index (χ4v) is 1.46. The number of ether oxygens (including phenoxy) is 1. The zero-order valence-electron chi connectivity index (χ0n) is 10.6. The molecule has 104 valence electrons. The number of hydrogen-bond acceptors (Lipinski definition) is 4. The molecule has 7 nitrogen and oxygen atoms in total. The van der Waals surface area contributed by atoms with Gasteiger partial charge in [-0.15, -0.1) is 0 Å². The quantitative estimate of drug-likeness (QED) is 0.516. The van der Waals surface area contributed by atoms with E-state index in [0.717, 1.165) is 0 Å². The smallest absolute Gasteiger partial charge is 0.326 e. The molecular weight excluding hydrogens is 240 g/mol. The molecule has 0 saturated heterocycles. The Bertz CT molecular complexity index is 306. The van der Waals surface area contributed by atoms with Gasteiger partial charge in [0.2, 0.25) is 11.8 Å². The van der Waals surface area contributed by atoms with Crippen LogP contribution in [0.25, 0.3) is 0 Å². The van der Waals surface area contributed by atoms with E-state index in [1.807, 2.05) is 6.92 Å². The Labute approximate surface area is 106 Å². The fraction of sp³-hybridized carbons (Fsp3) is 0.727. The lowest BCUT2D eigenvalue weighted by atomic mass is 10.1. The normalized spacial score (nSPS) is 13.7. The van der Waals surface area contributed by atoms with Crippen LogP contribution in [0.1, 0.15) is 26.2 Å². The number of amides is 2. The van der Waals surface area contributed by atoms with E-state index >= 15 is 0 Å². The van der Waals surface area contributed by atoms with Crippen molar-refractivity contribution in [2.45, 2.75) is 32.2 Å². The van der Waals surface area contributed by atoms with Crippen molar-refractivity contribution in [1.82, 2.24) is 5.32 Å². The molecule has 0 heterocycles. The van der Waals surface area contributed by atoms with Crippen molar-refractivity contribution in [3.05, 3.63) is 0 Å². The number of rotatable bonds is 9. The van der Waals surface area contributed by atoms with Crippen LogP contribution in [0.15, 0.2) is 0 Å². The molecule has 0 aliphatic carbocycles. The molecule has 0 rings (SSSR count). The summed E-state index contributed by atoms with van der Waals surface area (Å²) in [6, 6.07) is -1.08. The summed E-state index contributed by atoms with van der Waals surface area (Å²) < 4.78 is 4.88. The number of hydrogen-bond donors (Lipinski definition) is 3. The molecule has 4 N–H and O–H groups in total. The van der Waals surface area contributed by atoms with Gasteiger partial charge in [0.25, 0.3) is 0 Å². The van der Waals surface area contributed by atoms with Crippen LogP contribution in [0.3, 0.4) is 0 Å². The van der Waals surface area contributed by atoms with E-state index in [9.17, 15) is 14.4 Å². The second-order valence-electron chi connectivity index (χ2n) is 4.23. The van der Waals surface area contributed by atoms with E-state index in [-0.39, 0.29) is 31.1 Å². The highest BCUT2D eigenvalue weighted by Gasteiger charge is 2.21. The van der Waals surface area contributed by atoms with Crippen LogP contribution in [-0.4, -0.2) is 42.6 Å². The second-order valence-corrected chi connectivity index (χ2v) is 4.23. The number of carboxylic acid groups (broad SMARTS) is 1. The first-order chi connectivity index (χ1) is 8.36. The molecule has 0 radical (unpaired) electrons.